The monoisotopic (exact) mass is 401 g/mol. The molecule has 144 valence electrons. The standard InChI is InChI=1S/C22H19N5OS/c1-16-9-11-18(12-10-16)24-20(28)15-29-22-26-25-21(17-6-5-13-23-14-17)27(22)19-7-3-2-4-8-19/h2-14H,15H2,1H3,(H,24,28). The molecule has 4 rings (SSSR count). The molecular formula is C22H19N5OS. The van der Waals surface area contributed by atoms with Gasteiger partial charge in [-0.1, -0.05) is 47.7 Å². The molecular weight excluding hydrogens is 382 g/mol. The van der Waals surface area contributed by atoms with Crippen molar-refractivity contribution >= 4 is 23.4 Å². The van der Waals surface area contributed by atoms with Gasteiger partial charge in [0.1, 0.15) is 0 Å². The third-order valence-corrected chi connectivity index (χ3v) is 5.16. The van der Waals surface area contributed by atoms with Gasteiger partial charge in [0.15, 0.2) is 11.0 Å². The molecule has 4 aromatic rings. The fourth-order valence-corrected chi connectivity index (χ4v) is 3.57. The highest BCUT2D eigenvalue weighted by molar-refractivity contribution is 7.99. The van der Waals surface area contributed by atoms with Crippen LogP contribution in [-0.4, -0.2) is 31.4 Å². The minimum atomic E-state index is -0.0932. The second kappa shape index (κ2) is 8.70. The highest BCUT2D eigenvalue weighted by atomic mass is 32.2. The zero-order valence-corrected chi connectivity index (χ0v) is 16.6. The van der Waals surface area contributed by atoms with Crippen LogP contribution in [-0.2, 0) is 4.79 Å². The lowest BCUT2D eigenvalue weighted by molar-refractivity contribution is -0.113. The number of hydrogen-bond donors (Lipinski definition) is 1. The number of carbonyl (C=O) groups excluding carboxylic acids is 1. The van der Waals surface area contributed by atoms with Crippen molar-refractivity contribution < 1.29 is 4.79 Å². The molecule has 0 saturated carbocycles. The molecule has 1 amide bonds. The fraction of sp³-hybridized carbons (Fsp3) is 0.0909. The van der Waals surface area contributed by atoms with Crippen LogP contribution in [0, 0.1) is 6.92 Å². The van der Waals surface area contributed by atoms with Crippen molar-refractivity contribution in [3.05, 3.63) is 84.7 Å². The minimum absolute atomic E-state index is 0.0932. The summed E-state index contributed by atoms with van der Waals surface area (Å²) < 4.78 is 1.95. The van der Waals surface area contributed by atoms with Crippen molar-refractivity contribution in [3.8, 4) is 17.1 Å². The van der Waals surface area contributed by atoms with Crippen LogP contribution in [0.25, 0.3) is 17.1 Å². The number of benzene rings is 2. The molecule has 0 saturated heterocycles. The van der Waals surface area contributed by atoms with Gasteiger partial charge in [0.2, 0.25) is 5.91 Å². The molecule has 0 bridgehead atoms. The van der Waals surface area contributed by atoms with Gasteiger partial charge in [-0.05, 0) is 43.3 Å². The molecule has 0 aliphatic rings. The molecule has 2 aromatic heterocycles. The van der Waals surface area contributed by atoms with E-state index in [2.05, 4.69) is 20.5 Å². The number of nitrogens with one attached hydrogen (secondary N) is 1. The van der Waals surface area contributed by atoms with Crippen LogP contribution in [0.15, 0.2) is 84.3 Å². The summed E-state index contributed by atoms with van der Waals surface area (Å²) in [5.74, 6) is 0.821. The molecule has 0 radical (unpaired) electrons. The van der Waals surface area contributed by atoms with E-state index in [9.17, 15) is 4.79 Å². The Bertz CT molecular complexity index is 1100. The van der Waals surface area contributed by atoms with Crippen LogP contribution in [0.4, 0.5) is 5.69 Å². The number of nitrogens with zero attached hydrogens (tertiary/aromatic N) is 4. The zero-order chi connectivity index (χ0) is 20.1. The molecule has 0 aliphatic carbocycles. The van der Waals surface area contributed by atoms with Crippen molar-refractivity contribution in [3.63, 3.8) is 0 Å². The summed E-state index contributed by atoms with van der Waals surface area (Å²) in [6.07, 6.45) is 3.47. The number of anilines is 1. The van der Waals surface area contributed by atoms with Gasteiger partial charge in [-0.15, -0.1) is 10.2 Å². The number of amides is 1. The molecule has 2 heterocycles. The molecule has 2 aromatic carbocycles. The number of pyridine rings is 1. The SMILES string of the molecule is Cc1ccc(NC(=O)CSc2nnc(-c3cccnc3)n2-c2ccccc2)cc1. The number of rotatable bonds is 6. The van der Waals surface area contributed by atoms with E-state index in [1.54, 1.807) is 12.4 Å². The molecule has 0 fully saturated rings. The topological polar surface area (TPSA) is 72.7 Å². The lowest BCUT2D eigenvalue weighted by atomic mass is 10.2. The maximum absolute atomic E-state index is 12.4. The largest absolute Gasteiger partial charge is 0.325 e. The van der Waals surface area contributed by atoms with Crippen LogP contribution in [0.3, 0.4) is 0 Å². The van der Waals surface area contributed by atoms with Crippen LogP contribution >= 0.6 is 11.8 Å². The first kappa shape index (κ1) is 18.9. The van der Waals surface area contributed by atoms with E-state index >= 15 is 0 Å². The van der Waals surface area contributed by atoms with Crippen LogP contribution in [0.2, 0.25) is 0 Å². The Morgan fingerprint density at radius 2 is 1.79 bits per heavy atom. The number of carbonyl (C=O) groups is 1. The van der Waals surface area contributed by atoms with Crippen molar-refractivity contribution in [1.82, 2.24) is 19.7 Å². The molecule has 1 N–H and O–H groups in total. The van der Waals surface area contributed by atoms with E-state index in [-0.39, 0.29) is 11.7 Å². The minimum Gasteiger partial charge on any atom is -0.325 e. The Kier molecular flexibility index (Phi) is 5.67. The third kappa shape index (κ3) is 4.52. The van der Waals surface area contributed by atoms with Crippen molar-refractivity contribution in [2.24, 2.45) is 0 Å². The Labute approximate surface area is 173 Å². The maximum atomic E-state index is 12.4. The van der Waals surface area contributed by atoms with Crippen LogP contribution < -0.4 is 5.32 Å². The summed E-state index contributed by atoms with van der Waals surface area (Å²) in [5, 5.41) is 12.2. The number of thioether (sulfide) groups is 1. The zero-order valence-electron chi connectivity index (χ0n) is 15.8. The second-order valence-electron chi connectivity index (χ2n) is 6.42. The van der Waals surface area contributed by atoms with Crippen molar-refractivity contribution in [2.75, 3.05) is 11.1 Å². The van der Waals surface area contributed by atoms with Gasteiger partial charge < -0.3 is 5.32 Å². The van der Waals surface area contributed by atoms with E-state index in [1.807, 2.05) is 78.2 Å². The average Bonchev–Trinajstić information content (AvgIpc) is 3.19. The summed E-state index contributed by atoms with van der Waals surface area (Å²) >= 11 is 1.34. The highest BCUT2D eigenvalue weighted by Crippen LogP contribution is 2.27. The quantitative estimate of drug-likeness (QED) is 0.486. The van der Waals surface area contributed by atoms with Gasteiger partial charge in [-0.25, -0.2) is 0 Å². The van der Waals surface area contributed by atoms with Crippen molar-refractivity contribution in [2.45, 2.75) is 12.1 Å². The van der Waals surface area contributed by atoms with E-state index in [4.69, 9.17) is 0 Å². The maximum Gasteiger partial charge on any atom is 0.234 e. The highest BCUT2D eigenvalue weighted by Gasteiger charge is 2.17. The number of aryl methyl sites for hydroxylation is 1. The molecule has 0 aliphatic heterocycles. The third-order valence-electron chi connectivity index (χ3n) is 4.24. The number of para-hydroxylation sites is 1. The summed E-state index contributed by atoms with van der Waals surface area (Å²) in [7, 11) is 0. The van der Waals surface area contributed by atoms with Crippen LogP contribution in [0.1, 0.15) is 5.56 Å². The molecule has 7 heteroatoms. The molecule has 0 unspecified atom stereocenters. The van der Waals surface area contributed by atoms with Gasteiger partial charge in [-0.3, -0.25) is 14.3 Å². The van der Waals surface area contributed by atoms with E-state index in [0.717, 1.165) is 22.5 Å². The van der Waals surface area contributed by atoms with Gasteiger partial charge in [0.05, 0.1) is 5.75 Å². The molecule has 6 nitrogen and oxygen atoms in total. The molecule has 0 atom stereocenters. The molecule has 0 spiro atoms. The predicted octanol–water partition coefficient (Wildman–Crippen LogP) is 4.37. The summed E-state index contributed by atoms with van der Waals surface area (Å²) in [6, 6.07) is 21.4. The van der Waals surface area contributed by atoms with E-state index in [0.29, 0.717) is 11.0 Å². The Balaban J connectivity index is 1.56. The number of aromatic nitrogens is 4. The van der Waals surface area contributed by atoms with Crippen LogP contribution in [0.5, 0.6) is 0 Å². The normalized spacial score (nSPS) is 10.7. The lowest BCUT2D eigenvalue weighted by Gasteiger charge is -2.10. The average molecular weight is 401 g/mol. The summed E-state index contributed by atoms with van der Waals surface area (Å²) in [6.45, 7) is 2.01. The van der Waals surface area contributed by atoms with E-state index < -0.39 is 0 Å². The summed E-state index contributed by atoms with van der Waals surface area (Å²) in [4.78, 5) is 16.6. The van der Waals surface area contributed by atoms with Crippen molar-refractivity contribution in [1.29, 1.82) is 0 Å². The van der Waals surface area contributed by atoms with E-state index in [1.165, 1.54) is 11.8 Å². The second-order valence-corrected chi connectivity index (χ2v) is 7.36. The Hall–Kier alpha value is -3.45. The lowest BCUT2D eigenvalue weighted by Crippen LogP contribution is -2.14. The Morgan fingerprint density at radius 3 is 2.52 bits per heavy atom. The van der Waals surface area contributed by atoms with Gasteiger partial charge in [0.25, 0.3) is 0 Å². The van der Waals surface area contributed by atoms with Gasteiger partial charge in [-0.2, -0.15) is 0 Å². The van der Waals surface area contributed by atoms with Gasteiger partial charge in [0, 0.05) is 29.3 Å². The first-order valence-electron chi connectivity index (χ1n) is 9.11. The molecule has 29 heavy (non-hydrogen) atoms. The predicted molar refractivity (Wildman–Crippen MR) is 115 cm³/mol. The smallest absolute Gasteiger partial charge is 0.234 e. The summed E-state index contributed by atoms with van der Waals surface area (Å²) in [5.41, 5.74) is 3.72. The fourth-order valence-electron chi connectivity index (χ4n) is 2.82. The first-order chi connectivity index (χ1) is 14.2. The number of hydrogen-bond acceptors (Lipinski definition) is 5. The Morgan fingerprint density at radius 1 is 1.00 bits per heavy atom. The first-order valence-corrected chi connectivity index (χ1v) is 10.1. The van der Waals surface area contributed by atoms with Gasteiger partial charge >= 0.3 is 0 Å².